The molecule has 0 N–H and O–H groups in total. The Morgan fingerprint density at radius 3 is 2.32 bits per heavy atom. The molecule has 2 rings (SSSR count). The number of aryl methyl sites for hydroxylation is 2. The molecule has 102 valence electrons. The molecular weight excluding hydrogens is 270 g/mol. The second-order valence-electron chi connectivity index (χ2n) is 5.77. The number of rotatable bonds is 4. The summed E-state index contributed by atoms with van der Waals surface area (Å²) < 4.78 is 0. The van der Waals surface area contributed by atoms with Crippen molar-refractivity contribution in [1.82, 2.24) is 4.98 Å². The Kier molecular flexibility index (Phi) is 4.69. The topological polar surface area (TPSA) is 12.9 Å². The molecule has 2 aromatic rings. The molecule has 0 unspecified atom stereocenters. The van der Waals surface area contributed by atoms with Gasteiger partial charge >= 0.3 is 0 Å². The fourth-order valence-corrected chi connectivity index (χ4v) is 3.58. The van der Waals surface area contributed by atoms with E-state index in [4.69, 9.17) is 4.98 Å². The zero-order valence-electron chi connectivity index (χ0n) is 11.8. The minimum absolute atomic E-state index is 0.111. The maximum Gasteiger partial charge on any atom is 0.0934 e. The second-order valence-corrected chi connectivity index (χ2v) is 7.26. The number of hydrogen-bond acceptors (Lipinski definition) is 3. The van der Waals surface area contributed by atoms with E-state index < -0.39 is 0 Å². The molecule has 1 nitrogen and oxygen atoms in total. The van der Waals surface area contributed by atoms with Crippen molar-refractivity contribution >= 4 is 24.0 Å². The SMILES string of the molecule is CC(C)(C)c1nc(CCc2ccccc2)sc1CS. The third kappa shape index (κ3) is 3.83. The van der Waals surface area contributed by atoms with Crippen LogP contribution in [-0.2, 0) is 24.0 Å². The lowest BCUT2D eigenvalue weighted by Gasteiger charge is -2.16. The molecule has 19 heavy (non-hydrogen) atoms. The van der Waals surface area contributed by atoms with Crippen LogP contribution in [0.4, 0.5) is 0 Å². The summed E-state index contributed by atoms with van der Waals surface area (Å²) in [6.07, 6.45) is 2.08. The van der Waals surface area contributed by atoms with Crippen LogP contribution in [0, 0.1) is 0 Å². The smallest absolute Gasteiger partial charge is 0.0934 e. The van der Waals surface area contributed by atoms with Crippen molar-refractivity contribution in [3.8, 4) is 0 Å². The van der Waals surface area contributed by atoms with E-state index in [9.17, 15) is 0 Å². The van der Waals surface area contributed by atoms with Gasteiger partial charge in [0.25, 0.3) is 0 Å². The summed E-state index contributed by atoms with van der Waals surface area (Å²) in [7, 11) is 0. The molecule has 1 heterocycles. The molecule has 0 aliphatic rings. The average molecular weight is 291 g/mol. The molecule has 0 spiro atoms. The Bertz CT molecular complexity index is 523. The quantitative estimate of drug-likeness (QED) is 0.809. The van der Waals surface area contributed by atoms with Crippen LogP contribution in [0.25, 0.3) is 0 Å². The first-order valence-corrected chi connectivity index (χ1v) is 8.09. The van der Waals surface area contributed by atoms with Crippen LogP contribution >= 0.6 is 24.0 Å². The number of nitrogens with zero attached hydrogens (tertiary/aromatic N) is 1. The molecule has 3 heteroatoms. The van der Waals surface area contributed by atoms with Gasteiger partial charge < -0.3 is 0 Å². The van der Waals surface area contributed by atoms with Crippen molar-refractivity contribution in [2.24, 2.45) is 0 Å². The third-order valence-corrected chi connectivity index (χ3v) is 4.71. The van der Waals surface area contributed by atoms with Gasteiger partial charge in [0.15, 0.2) is 0 Å². The van der Waals surface area contributed by atoms with E-state index in [2.05, 4.69) is 63.7 Å². The molecular formula is C16H21NS2. The molecule has 0 bridgehead atoms. The van der Waals surface area contributed by atoms with Crippen molar-refractivity contribution < 1.29 is 0 Å². The predicted octanol–water partition coefficient (Wildman–Crippen LogP) is 4.66. The summed E-state index contributed by atoms with van der Waals surface area (Å²) >= 11 is 6.25. The summed E-state index contributed by atoms with van der Waals surface area (Å²) in [5, 5.41) is 1.23. The van der Waals surface area contributed by atoms with Gasteiger partial charge in [0, 0.05) is 22.5 Å². The van der Waals surface area contributed by atoms with Gasteiger partial charge in [0.1, 0.15) is 0 Å². The lowest BCUT2D eigenvalue weighted by molar-refractivity contribution is 0.566. The molecule has 0 aliphatic heterocycles. The van der Waals surface area contributed by atoms with Crippen LogP contribution < -0.4 is 0 Å². The van der Waals surface area contributed by atoms with Gasteiger partial charge in [-0.15, -0.1) is 11.3 Å². The fourth-order valence-electron chi connectivity index (χ4n) is 2.10. The number of thiol groups is 1. The van der Waals surface area contributed by atoms with E-state index in [1.165, 1.54) is 21.1 Å². The molecule has 0 amide bonds. The van der Waals surface area contributed by atoms with E-state index in [1.807, 2.05) is 11.3 Å². The Hall–Kier alpha value is -0.800. The van der Waals surface area contributed by atoms with E-state index in [-0.39, 0.29) is 5.41 Å². The van der Waals surface area contributed by atoms with E-state index in [0.29, 0.717) is 0 Å². The first kappa shape index (κ1) is 14.6. The van der Waals surface area contributed by atoms with Crippen LogP contribution in [0.1, 0.15) is 41.9 Å². The molecule has 0 saturated carbocycles. The number of aromatic nitrogens is 1. The van der Waals surface area contributed by atoms with Crippen molar-refractivity contribution in [2.75, 3.05) is 0 Å². The molecule has 0 radical (unpaired) electrons. The lowest BCUT2D eigenvalue weighted by Crippen LogP contribution is -2.13. The summed E-state index contributed by atoms with van der Waals surface area (Å²) in [6, 6.07) is 10.6. The number of thiazole rings is 1. The van der Waals surface area contributed by atoms with Gasteiger partial charge in [-0.3, -0.25) is 0 Å². The Morgan fingerprint density at radius 1 is 1.11 bits per heavy atom. The normalized spacial score (nSPS) is 11.8. The maximum absolute atomic E-state index is 4.84. The van der Waals surface area contributed by atoms with Crippen LogP contribution in [0.15, 0.2) is 30.3 Å². The van der Waals surface area contributed by atoms with E-state index in [1.54, 1.807) is 0 Å². The Morgan fingerprint density at radius 2 is 1.79 bits per heavy atom. The first-order valence-electron chi connectivity index (χ1n) is 6.64. The highest BCUT2D eigenvalue weighted by Crippen LogP contribution is 2.31. The highest BCUT2D eigenvalue weighted by Gasteiger charge is 2.22. The summed E-state index contributed by atoms with van der Waals surface area (Å²) in [5.74, 6) is 0.787. The monoisotopic (exact) mass is 291 g/mol. The van der Waals surface area contributed by atoms with Crippen LogP contribution in [0.5, 0.6) is 0 Å². The minimum atomic E-state index is 0.111. The van der Waals surface area contributed by atoms with E-state index >= 15 is 0 Å². The minimum Gasteiger partial charge on any atom is -0.245 e. The highest BCUT2D eigenvalue weighted by atomic mass is 32.1. The van der Waals surface area contributed by atoms with Crippen molar-refractivity contribution in [3.63, 3.8) is 0 Å². The molecule has 1 aromatic heterocycles. The molecule has 0 fully saturated rings. The van der Waals surface area contributed by atoms with Gasteiger partial charge in [0.2, 0.25) is 0 Å². The zero-order chi connectivity index (χ0) is 13.9. The largest absolute Gasteiger partial charge is 0.245 e. The van der Waals surface area contributed by atoms with Gasteiger partial charge in [-0.25, -0.2) is 4.98 Å². The van der Waals surface area contributed by atoms with Gasteiger partial charge in [-0.2, -0.15) is 12.6 Å². The molecule has 1 aromatic carbocycles. The van der Waals surface area contributed by atoms with Crippen molar-refractivity contribution in [3.05, 3.63) is 51.5 Å². The van der Waals surface area contributed by atoms with Gasteiger partial charge in [0.05, 0.1) is 10.7 Å². The van der Waals surface area contributed by atoms with Gasteiger partial charge in [-0.1, -0.05) is 51.1 Å². The maximum atomic E-state index is 4.84. The Balaban J connectivity index is 2.12. The average Bonchev–Trinajstić information content (AvgIpc) is 2.81. The standard InChI is InChI=1S/C16H21NS2/c1-16(2,3)15-13(11-18)19-14(17-15)10-9-12-7-5-4-6-8-12/h4-8,18H,9-11H2,1-3H3. The third-order valence-electron chi connectivity index (χ3n) is 3.07. The fraction of sp³-hybridized carbons (Fsp3) is 0.438. The highest BCUT2D eigenvalue weighted by molar-refractivity contribution is 7.79. The molecule has 0 saturated heterocycles. The molecule has 0 atom stereocenters. The summed E-state index contributed by atoms with van der Waals surface area (Å²) in [5.41, 5.74) is 2.71. The van der Waals surface area contributed by atoms with Crippen LogP contribution in [0.3, 0.4) is 0 Å². The number of hydrogen-bond donors (Lipinski definition) is 1. The predicted molar refractivity (Wildman–Crippen MR) is 87.4 cm³/mol. The first-order chi connectivity index (χ1) is 9.00. The van der Waals surface area contributed by atoms with E-state index in [0.717, 1.165) is 18.6 Å². The zero-order valence-corrected chi connectivity index (χ0v) is 13.5. The Labute approximate surface area is 125 Å². The second kappa shape index (κ2) is 6.10. The van der Waals surface area contributed by atoms with Gasteiger partial charge in [-0.05, 0) is 12.0 Å². The van der Waals surface area contributed by atoms with Crippen LogP contribution in [-0.4, -0.2) is 4.98 Å². The van der Waals surface area contributed by atoms with Crippen LogP contribution in [0.2, 0.25) is 0 Å². The van der Waals surface area contributed by atoms with Crippen molar-refractivity contribution in [2.45, 2.75) is 44.8 Å². The number of benzene rings is 1. The summed E-state index contributed by atoms with van der Waals surface area (Å²) in [4.78, 5) is 6.16. The lowest BCUT2D eigenvalue weighted by atomic mass is 9.91. The van der Waals surface area contributed by atoms with Crippen molar-refractivity contribution in [1.29, 1.82) is 0 Å². The molecule has 0 aliphatic carbocycles. The summed E-state index contributed by atoms with van der Waals surface area (Å²) in [6.45, 7) is 6.65.